The maximum absolute atomic E-state index is 4.60. The monoisotopic (exact) mass is 279 g/mol. The van der Waals surface area contributed by atoms with Crippen molar-refractivity contribution >= 4 is 0 Å². The second-order valence-corrected chi connectivity index (χ2v) is 5.47. The largest absolute Gasteiger partial charge is 0.282 e. The van der Waals surface area contributed by atoms with E-state index < -0.39 is 0 Å². The zero-order chi connectivity index (χ0) is 14.1. The van der Waals surface area contributed by atoms with Crippen molar-refractivity contribution < 1.29 is 0 Å². The van der Waals surface area contributed by atoms with Crippen LogP contribution in [0.1, 0.15) is 29.1 Å². The van der Waals surface area contributed by atoms with Gasteiger partial charge in [-0.3, -0.25) is 10.2 Å². The summed E-state index contributed by atoms with van der Waals surface area (Å²) in [5, 5.41) is 14.8. The Morgan fingerprint density at radius 2 is 1.86 bits per heavy atom. The first-order valence-corrected chi connectivity index (χ1v) is 7.42. The van der Waals surface area contributed by atoms with Gasteiger partial charge >= 0.3 is 0 Å². The Morgan fingerprint density at radius 1 is 0.952 bits per heavy atom. The minimum atomic E-state index is 0.720. The molecule has 0 atom stereocenters. The summed E-state index contributed by atoms with van der Waals surface area (Å²) in [6, 6.07) is 10.4. The first-order valence-electron chi connectivity index (χ1n) is 7.42. The van der Waals surface area contributed by atoms with Crippen molar-refractivity contribution in [1.82, 2.24) is 25.4 Å². The minimum Gasteiger partial charge on any atom is -0.282 e. The van der Waals surface area contributed by atoms with E-state index in [1.807, 2.05) is 6.07 Å². The lowest BCUT2D eigenvalue weighted by molar-refractivity contribution is 0.864. The molecule has 2 N–H and O–H groups in total. The molecule has 0 amide bonds. The van der Waals surface area contributed by atoms with E-state index in [0.29, 0.717) is 0 Å². The Kier molecular flexibility index (Phi) is 3.03. The Morgan fingerprint density at radius 3 is 2.76 bits per heavy atom. The third-order valence-electron chi connectivity index (χ3n) is 4.04. The predicted octanol–water partition coefficient (Wildman–Crippen LogP) is 2.47. The van der Waals surface area contributed by atoms with Crippen LogP contribution in [0.2, 0.25) is 0 Å². The van der Waals surface area contributed by atoms with E-state index in [-0.39, 0.29) is 0 Å². The molecule has 21 heavy (non-hydrogen) atoms. The number of fused-ring (bicyclic) bond motifs is 1. The van der Waals surface area contributed by atoms with Crippen molar-refractivity contribution in [1.29, 1.82) is 0 Å². The van der Waals surface area contributed by atoms with Crippen LogP contribution in [0.5, 0.6) is 0 Å². The number of benzene rings is 1. The van der Waals surface area contributed by atoms with E-state index in [2.05, 4.69) is 49.6 Å². The standard InChI is InChI=1S/C16H17N5/c1-2-5-11(6-3-1)9-10-14-17-16(21-19-14)15-12-7-4-8-13(12)18-20-15/h1-3,5-6H,4,7-10H2,(H,18,20)(H,17,19,21). The van der Waals surface area contributed by atoms with Gasteiger partial charge in [0.25, 0.3) is 0 Å². The summed E-state index contributed by atoms with van der Waals surface area (Å²) in [7, 11) is 0. The van der Waals surface area contributed by atoms with Crippen LogP contribution in [0.4, 0.5) is 0 Å². The second kappa shape index (κ2) is 5.16. The average Bonchev–Trinajstić information content (AvgIpc) is 3.22. The fraction of sp³-hybridized carbons (Fsp3) is 0.312. The highest BCUT2D eigenvalue weighted by Gasteiger charge is 2.21. The van der Waals surface area contributed by atoms with E-state index in [1.165, 1.54) is 23.2 Å². The van der Waals surface area contributed by atoms with Crippen LogP contribution in [0.25, 0.3) is 11.5 Å². The molecule has 5 heteroatoms. The summed E-state index contributed by atoms with van der Waals surface area (Å²) in [4.78, 5) is 4.60. The van der Waals surface area contributed by atoms with Gasteiger partial charge in [0.1, 0.15) is 11.5 Å². The number of H-pyrrole nitrogens is 2. The van der Waals surface area contributed by atoms with Crippen molar-refractivity contribution in [2.75, 3.05) is 0 Å². The third-order valence-corrected chi connectivity index (χ3v) is 4.04. The highest BCUT2D eigenvalue weighted by atomic mass is 15.2. The fourth-order valence-electron chi connectivity index (χ4n) is 2.92. The highest BCUT2D eigenvalue weighted by Crippen LogP contribution is 2.28. The Hall–Kier alpha value is -2.43. The zero-order valence-electron chi connectivity index (χ0n) is 11.8. The van der Waals surface area contributed by atoms with Crippen LogP contribution in [-0.4, -0.2) is 25.4 Å². The van der Waals surface area contributed by atoms with Gasteiger partial charge in [-0.15, -0.1) is 0 Å². The zero-order valence-corrected chi connectivity index (χ0v) is 11.8. The Bertz CT molecular complexity index is 741. The van der Waals surface area contributed by atoms with Gasteiger partial charge in [0.15, 0.2) is 0 Å². The van der Waals surface area contributed by atoms with Gasteiger partial charge in [0, 0.05) is 17.7 Å². The van der Waals surface area contributed by atoms with E-state index in [9.17, 15) is 0 Å². The molecular formula is C16H17N5. The first-order chi connectivity index (χ1) is 10.4. The molecule has 0 spiro atoms. The van der Waals surface area contributed by atoms with Crippen LogP contribution in [0.3, 0.4) is 0 Å². The number of nitrogens with one attached hydrogen (secondary N) is 2. The molecule has 1 aliphatic carbocycles. The molecule has 0 saturated heterocycles. The molecule has 2 heterocycles. The van der Waals surface area contributed by atoms with Crippen molar-refractivity contribution in [2.24, 2.45) is 0 Å². The molecule has 0 radical (unpaired) electrons. The van der Waals surface area contributed by atoms with Crippen LogP contribution in [-0.2, 0) is 25.7 Å². The van der Waals surface area contributed by atoms with Gasteiger partial charge in [-0.1, -0.05) is 30.3 Å². The lowest BCUT2D eigenvalue weighted by Crippen LogP contribution is -1.93. The number of aryl methyl sites for hydroxylation is 3. The number of hydrogen-bond donors (Lipinski definition) is 2. The van der Waals surface area contributed by atoms with Crippen molar-refractivity contribution in [3.8, 4) is 11.5 Å². The third kappa shape index (κ3) is 2.35. The molecule has 0 unspecified atom stereocenters. The lowest BCUT2D eigenvalue weighted by atomic mass is 10.1. The molecule has 0 saturated carbocycles. The van der Waals surface area contributed by atoms with Gasteiger partial charge in [0.05, 0.1) is 0 Å². The molecule has 0 aliphatic heterocycles. The first kappa shape index (κ1) is 12.3. The molecule has 3 aromatic rings. The van der Waals surface area contributed by atoms with Crippen molar-refractivity contribution in [2.45, 2.75) is 32.1 Å². The summed E-state index contributed by atoms with van der Waals surface area (Å²) >= 11 is 0. The number of hydrogen-bond acceptors (Lipinski definition) is 3. The normalized spacial score (nSPS) is 13.5. The molecule has 4 rings (SSSR count). The minimum absolute atomic E-state index is 0.720. The van der Waals surface area contributed by atoms with Gasteiger partial charge in [0.2, 0.25) is 5.82 Å². The summed E-state index contributed by atoms with van der Waals surface area (Å²) in [6.45, 7) is 0. The van der Waals surface area contributed by atoms with Crippen LogP contribution in [0.15, 0.2) is 30.3 Å². The maximum Gasteiger partial charge on any atom is 0.201 e. The maximum atomic E-state index is 4.60. The van der Waals surface area contributed by atoms with E-state index in [0.717, 1.165) is 43.0 Å². The van der Waals surface area contributed by atoms with Crippen LogP contribution >= 0.6 is 0 Å². The van der Waals surface area contributed by atoms with E-state index in [1.54, 1.807) is 0 Å². The Balaban J connectivity index is 1.50. The van der Waals surface area contributed by atoms with Gasteiger partial charge < -0.3 is 0 Å². The average molecular weight is 279 g/mol. The molecule has 106 valence electrons. The van der Waals surface area contributed by atoms with Gasteiger partial charge in [-0.05, 0) is 31.2 Å². The smallest absolute Gasteiger partial charge is 0.201 e. The summed E-state index contributed by atoms with van der Waals surface area (Å²) in [5.41, 5.74) is 4.78. The quantitative estimate of drug-likeness (QED) is 0.770. The predicted molar refractivity (Wildman–Crippen MR) is 79.8 cm³/mol. The van der Waals surface area contributed by atoms with E-state index >= 15 is 0 Å². The number of aromatic nitrogens is 5. The molecule has 5 nitrogen and oxygen atoms in total. The summed E-state index contributed by atoms with van der Waals surface area (Å²) in [5.74, 6) is 1.64. The number of rotatable bonds is 4. The van der Waals surface area contributed by atoms with E-state index in [4.69, 9.17) is 0 Å². The fourth-order valence-corrected chi connectivity index (χ4v) is 2.92. The lowest BCUT2D eigenvalue weighted by Gasteiger charge is -1.97. The second-order valence-electron chi connectivity index (χ2n) is 5.47. The topological polar surface area (TPSA) is 70.2 Å². The number of nitrogens with zero attached hydrogens (tertiary/aromatic N) is 3. The summed E-state index contributed by atoms with van der Waals surface area (Å²) in [6.07, 6.45) is 5.20. The molecule has 1 aromatic carbocycles. The Labute approximate surface area is 122 Å². The molecule has 1 aliphatic rings. The SMILES string of the molecule is c1ccc(CCc2nc(-c3n[nH]c4c3CCC4)n[nH]2)cc1. The van der Waals surface area contributed by atoms with Crippen molar-refractivity contribution in [3.63, 3.8) is 0 Å². The summed E-state index contributed by atoms with van der Waals surface area (Å²) < 4.78 is 0. The van der Waals surface area contributed by atoms with Gasteiger partial charge in [-0.25, -0.2) is 4.98 Å². The molecule has 2 aromatic heterocycles. The van der Waals surface area contributed by atoms with Gasteiger partial charge in [-0.2, -0.15) is 10.2 Å². The molecular weight excluding hydrogens is 262 g/mol. The number of aromatic amines is 2. The van der Waals surface area contributed by atoms with Crippen LogP contribution < -0.4 is 0 Å². The molecule has 0 fully saturated rings. The van der Waals surface area contributed by atoms with Crippen LogP contribution in [0, 0.1) is 0 Å². The van der Waals surface area contributed by atoms with Crippen molar-refractivity contribution in [3.05, 3.63) is 53.0 Å². The highest BCUT2D eigenvalue weighted by molar-refractivity contribution is 5.57. The molecule has 0 bridgehead atoms.